The SMILES string of the molecule is Cc1nc(N2CCCCC2)sc1C=NNC(N)=O. The largest absolute Gasteiger partial charge is 0.350 e. The van der Waals surface area contributed by atoms with E-state index < -0.39 is 6.03 Å². The standard InChI is InChI=1S/C11H17N5OS/c1-8-9(7-13-15-10(12)17)18-11(14-8)16-5-3-2-4-6-16/h7H,2-6H2,1H3,(H3,12,15,17). The van der Waals surface area contributed by atoms with Crippen molar-refractivity contribution < 1.29 is 4.79 Å². The summed E-state index contributed by atoms with van der Waals surface area (Å²) in [6.45, 7) is 4.09. The van der Waals surface area contributed by atoms with Gasteiger partial charge in [0.15, 0.2) is 5.13 Å². The number of urea groups is 1. The molecule has 2 amide bonds. The molecule has 1 aliphatic heterocycles. The lowest BCUT2D eigenvalue weighted by Gasteiger charge is -2.25. The van der Waals surface area contributed by atoms with Gasteiger partial charge in [-0.1, -0.05) is 11.3 Å². The van der Waals surface area contributed by atoms with E-state index in [1.807, 2.05) is 6.92 Å². The van der Waals surface area contributed by atoms with Crippen LogP contribution in [0.15, 0.2) is 5.10 Å². The zero-order chi connectivity index (χ0) is 13.0. The first kappa shape index (κ1) is 12.8. The van der Waals surface area contributed by atoms with Crippen LogP contribution in [0.5, 0.6) is 0 Å². The summed E-state index contributed by atoms with van der Waals surface area (Å²) in [6, 6.07) is -0.662. The van der Waals surface area contributed by atoms with Crippen molar-refractivity contribution in [3.63, 3.8) is 0 Å². The quantitative estimate of drug-likeness (QED) is 0.642. The molecule has 2 rings (SSSR count). The van der Waals surface area contributed by atoms with E-state index >= 15 is 0 Å². The van der Waals surface area contributed by atoms with E-state index in [9.17, 15) is 4.79 Å². The van der Waals surface area contributed by atoms with Crippen LogP contribution >= 0.6 is 11.3 Å². The number of thiazole rings is 1. The molecule has 0 aliphatic carbocycles. The first-order chi connectivity index (χ1) is 8.66. The van der Waals surface area contributed by atoms with E-state index in [2.05, 4.69) is 20.4 Å². The molecule has 0 bridgehead atoms. The third-order valence-electron chi connectivity index (χ3n) is 2.80. The Morgan fingerprint density at radius 3 is 2.89 bits per heavy atom. The van der Waals surface area contributed by atoms with Crippen LogP contribution in [0.3, 0.4) is 0 Å². The van der Waals surface area contributed by atoms with Crippen LogP contribution in [0, 0.1) is 6.92 Å². The van der Waals surface area contributed by atoms with E-state index in [1.165, 1.54) is 19.3 Å². The fraction of sp³-hybridized carbons (Fsp3) is 0.545. The monoisotopic (exact) mass is 267 g/mol. The van der Waals surface area contributed by atoms with Gasteiger partial charge in [-0.2, -0.15) is 5.10 Å². The topological polar surface area (TPSA) is 83.6 Å². The Morgan fingerprint density at radius 2 is 2.22 bits per heavy atom. The van der Waals surface area contributed by atoms with Gasteiger partial charge in [0.1, 0.15) is 0 Å². The van der Waals surface area contributed by atoms with Crippen LogP contribution in [0.4, 0.5) is 9.93 Å². The van der Waals surface area contributed by atoms with E-state index in [0.29, 0.717) is 0 Å². The molecule has 6 nitrogen and oxygen atoms in total. The van der Waals surface area contributed by atoms with Crippen molar-refractivity contribution >= 4 is 28.7 Å². The molecule has 1 saturated heterocycles. The first-order valence-corrected chi connectivity index (χ1v) is 6.79. The second kappa shape index (κ2) is 5.81. The lowest BCUT2D eigenvalue weighted by atomic mass is 10.1. The molecule has 0 aromatic carbocycles. The Hall–Kier alpha value is -1.63. The lowest BCUT2D eigenvalue weighted by Crippen LogP contribution is -2.29. The minimum Gasteiger partial charge on any atom is -0.350 e. The van der Waals surface area contributed by atoms with Crippen molar-refractivity contribution in [2.75, 3.05) is 18.0 Å². The third kappa shape index (κ3) is 3.19. The second-order valence-corrected chi connectivity index (χ2v) is 5.24. The number of carbonyl (C=O) groups excluding carboxylic acids is 1. The van der Waals surface area contributed by atoms with Crippen molar-refractivity contribution in [1.29, 1.82) is 0 Å². The number of piperidine rings is 1. The first-order valence-electron chi connectivity index (χ1n) is 5.97. The number of anilines is 1. The Balaban J connectivity index is 2.06. The molecule has 2 heterocycles. The van der Waals surface area contributed by atoms with Gasteiger partial charge in [-0.25, -0.2) is 15.2 Å². The van der Waals surface area contributed by atoms with Gasteiger partial charge in [0.25, 0.3) is 0 Å². The fourth-order valence-electron chi connectivity index (χ4n) is 1.89. The predicted molar refractivity (Wildman–Crippen MR) is 73.2 cm³/mol. The molecule has 0 saturated carbocycles. The van der Waals surface area contributed by atoms with Gasteiger partial charge in [0, 0.05) is 13.1 Å². The molecule has 7 heteroatoms. The van der Waals surface area contributed by atoms with Gasteiger partial charge in [0.2, 0.25) is 0 Å². The summed E-state index contributed by atoms with van der Waals surface area (Å²) in [4.78, 5) is 18.3. The van der Waals surface area contributed by atoms with Gasteiger partial charge in [-0.3, -0.25) is 0 Å². The zero-order valence-electron chi connectivity index (χ0n) is 10.3. The summed E-state index contributed by atoms with van der Waals surface area (Å²) >= 11 is 1.59. The minimum atomic E-state index is -0.662. The summed E-state index contributed by atoms with van der Waals surface area (Å²) in [7, 11) is 0. The molecule has 0 radical (unpaired) electrons. The van der Waals surface area contributed by atoms with Crippen LogP contribution in [0.2, 0.25) is 0 Å². The summed E-state index contributed by atoms with van der Waals surface area (Å²) in [5.74, 6) is 0. The predicted octanol–water partition coefficient (Wildman–Crippen LogP) is 1.44. The molecule has 0 spiro atoms. The highest BCUT2D eigenvalue weighted by Crippen LogP contribution is 2.27. The van der Waals surface area contributed by atoms with E-state index in [4.69, 9.17) is 5.73 Å². The molecular formula is C11H17N5OS. The number of aryl methyl sites for hydroxylation is 1. The maximum Gasteiger partial charge on any atom is 0.332 e. The summed E-state index contributed by atoms with van der Waals surface area (Å²) in [6.07, 6.45) is 5.35. The highest BCUT2D eigenvalue weighted by atomic mass is 32.1. The van der Waals surface area contributed by atoms with Gasteiger partial charge in [-0.15, -0.1) is 0 Å². The van der Waals surface area contributed by atoms with Crippen LogP contribution in [-0.4, -0.2) is 30.3 Å². The van der Waals surface area contributed by atoms with Crippen LogP contribution < -0.4 is 16.1 Å². The number of amides is 2. The number of nitrogens with zero attached hydrogens (tertiary/aromatic N) is 3. The molecule has 1 aromatic heterocycles. The molecule has 0 atom stereocenters. The molecule has 0 unspecified atom stereocenters. The Kier molecular flexibility index (Phi) is 4.14. The number of nitrogens with one attached hydrogen (secondary N) is 1. The zero-order valence-corrected chi connectivity index (χ0v) is 11.2. The van der Waals surface area contributed by atoms with Gasteiger partial charge >= 0.3 is 6.03 Å². The Labute approximate surface area is 110 Å². The van der Waals surface area contributed by atoms with Crippen molar-refractivity contribution in [3.05, 3.63) is 10.6 Å². The number of hydrazone groups is 1. The molecule has 1 aromatic rings. The molecule has 18 heavy (non-hydrogen) atoms. The lowest BCUT2D eigenvalue weighted by molar-refractivity contribution is 0.249. The fourth-order valence-corrected chi connectivity index (χ4v) is 2.88. The maximum atomic E-state index is 10.5. The number of hydrogen-bond acceptors (Lipinski definition) is 5. The van der Waals surface area contributed by atoms with E-state index in [-0.39, 0.29) is 0 Å². The molecule has 1 aliphatic rings. The number of hydrogen-bond donors (Lipinski definition) is 2. The van der Waals surface area contributed by atoms with Crippen LogP contribution in [0.25, 0.3) is 0 Å². The normalized spacial score (nSPS) is 16.2. The summed E-state index contributed by atoms with van der Waals surface area (Å²) < 4.78 is 0. The van der Waals surface area contributed by atoms with Crippen molar-refractivity contribution in [2.24, 2.45) is 10.8 Å². The maximum absolute atomic E-state index is 10.5. The highest BCUT2D eigenvalue weighted by Gasteiger charge is 2.15. The minimum absolute atomic E-state index is 0.662. The smallest absolute Gasteiger partial charge is 0.332 e. The summed E-state index contributed by atoms with van der Waals surface area (Å²) in [5, 5.41) is 4.80. The van der Waals surface area contributed by atoms with Gasteiger partial charge < -0.3 is 10.6 Å². The van der Waals surface area contributed by atoms with Gasteiger partial charge in [-0.05, 0) is 26.2 Å². The third-order valence-corrected chi connectivity index (χ3v) is 3.96. The number of carbonyl (C=O) groups is 1. The van der Waals surface area contributed by atoms with Crippen molar-refractivity contribution in [3.8, 4) is 0 Å². The number of rotatable bonds is 3. The van der Waals surface area contributed by atoms with Crippen molar-refractivity contribution in [1.82, 2.24) is 10.4 Å². The van der Waals surface area contributed by atoms with E-state index in [1.54, 1.807) is 17.6 Å². The number of primary amides is 1. The molecule has 3 N–H and O–H groups in total. The molecule has 98 valence electrons. The average molecular weight is 267 g/mol. The second-order valence-electron chi connectivity index (χ2n) is 4.23. The van der Waals surface area contributed by atoms with Gasteiger partial charge in [0.05, 0.1) is 16.8 Å². The average Bonchev–Trinajstić information content (AvgIpc) is 2.72. The molecular weight excluding hydrogens is 250 g/mol. The number of nitrogens with two attached hydrogens (primary N) is 1. The molecule has 1 fully saturated rings. The van der Waals surface area contributed by atoms with Crippen LogP contribution in [-0.2, 0) is 0 Å². The Morgan fingerprint density at radius 1 is 1.50 bits per heavy atom. The Bertz CT molecular complexity index is 450. The summed E-state index contributed by atoms with van der Waals surface area (Å²) in [5.41, 5.74) is 8.04. The van der Waals surface area contributed by atoms with Crippen LogP contribution in [0.1, 0.15) is 29.8 Å². The number of aromatic nitrogens is 1. The van der Waals surface area contributed by atoms with Crippen molar-refractivity contribution in [2.45, 2.75) is 26.2 Å². The highest BCUT2D eigenvalue weighted by molar-refractivity contribution is 7.17. The van der Waals surface area contributed by atoms with E-state index in [0.717, 1.165) is 28.8 Å².